The number of halogens is 3. The third kappa shape index (κ3) is 4.13. The maximum absolute atomic E-state index is 13.5. The minimum atomic E-state index is -4.49. The largest absolute Gasteiger partial charge is 0.416 e. The molecule has 6 nitrogen and oxygen atoms in total. The van der Waals surface area contributed by atoms with E-state index < -0.39 is 17.6 Å². The Balaban J connectivity index is 1.64. The van der Waals surface area contributed by atoms with Crippen molar-refractivity contribution in [3.05, 3.63) is 98.4 Å². The monoisotopic (exact) mass is 508 g/mol. The third-order valence-corrected chi connectivity index (χ3v) is 6.84. The van der Waals surface area contributed by atoms with Crippen molar-refractivity contribution in [3.63, 3.8) is 0 Å². The number of fused-ring (bicyclic) bond motifs is 3. The molecule has 5 aromatic rings. The Morgan fingerprint density at radius 1 is 1.08 bits per heavy atom. The lowest BCUT2D eigenvalue weighted by Gasteiger charge is -2.15. The van der Waals surface area contributed by atoms with Gasteiger partial charge in [-0.3, -0.25) is 19.1 Å². The zero-order valence-electron chi connectivity index (χ0n) is 19.1. The molecule has 1 amide bonds. The Kier molecular flexibility index (Phi) is 5.83. The number of aromatic nitrogens is 3. The van der Waals surface area contributed by atoms with Crippen LogP contribution in [0, 0.1) is 6.92 Å². The van der Waals surface area contributed by atoms with Gasteiger partial charge in [0.2, 0.25) is 0 Å². The van der Waals surface area contributed by atoms with Crippen LogP contribution in [0.5, 0.6) is 0 Å². The first-order valence-corrected chi connectivity index (χ1v) is 11.9. The minimum absolute atomic E-state index is 0.146. The molecule has 0 aliphatic carbocycles. The Morgan fingerprint density at radius 3 is 2.50 bits per heavy atom. The number of rotatable bonds is 4. The molecule has 0 bridgehead atoms. The molecular formula is C26H19F3N4O2S. The number of benzene rings is 1. The molecule has 0 aliphatic heterocycles. The molecule has 5 rings (SSSR count). The van der Waals surface area contributed by atoms with E-state index in [1.165, 1.54) is 34.1 Å². The molecule has 0 spiro atoms. The Bertz CT molecular complexity index is 1660. The van der Waals surface area contributed by atoms with Crippen LogP contribution in [0.4, 0.5) is 13.2 Å². The summed E-state index contributed by atoms with van der Waals surface area (Å²) in [6.07, 6.45) is -2.85. The lowest BCUT2D eigenvalue weighted by atomic mass is 10.1. The molecule has 36 heavy (non-hydrogen) atoms. The van der Waals surface area contributed by atoms with Crippen LogP contribution in [0.2, 0.25) is 0 Å². The smallest absolute Gasteiger partial charge is 0.343 e. The SMILES string of the molecule is Cc1scc2c1c(=O)n(-c1ccc(C(F)(F)F)cc1)c1ccc(C(=O)N[C@@H](C)c3ccccn3)nc21. The summed E-state index contributed by atoms with van der Waals surface area (Å²) in [7, 11) is 0. The molecule has 0 aliphatic rings. The Labute approximate surface area is 207 Å². The summed E-state index contributed by atoms with van der Waals surface area (Å²) < 4.78 is 40.6. The quantitative estimate of drug-likeness (QED) is 0.332. The van der Waals surface area contributed by atoms with E-state index in [1.807, 2.05) is 13.0 Å². The highest BCUT2D eigenvalue weighted by molar-refractivity contribution is 7.11. The van der Waals surface area contributed by atoms with Gasteiger partial charge in [0.25, 0.3) is 11.5 Å². The Hall–Kier alpha value is -4.05. The number of hydrogen-bond acceptors (Lipinski definition) is 5. The molecule has 4 aromatic heterocycles. The fourth-order valence-electron chi connectivity index (χ4n) is 4.11. The number of nitrogens with zero attached hydrogens (tertiary/aromatic N) is 3. The second-order valence-electron chi connectivity index (χ2n) is 8.28. The van der Waals surface area contributed by atoms with Gasteiger partial charge in [0.05, 0.1) is 33.7 Å². The molecule has 1 atom stereocenters. The zero-order chi connectivity index (χ0) is 25.6. The Morgan fingerprint density at radius 2 is 1.83 bits per heavy atom. The summed E-state index contributed by atoms with van der Waals surface area (Å²) in [5.41, 5.74) is 0.737. The van der Waals surface area contributed by atoms with Crippen molar-refractivity contribution in [1.82, 2.24) is 19.9 Å². The average molecular weight is 509 g/mol. The lowest BCUT2D eigenvalue weighted by molar-refractivity contribution is -0.137. The van der Waals surface area contributed by atoms with E-state index in [-0.39, 0.29) is 23.0 Å². The maximum atomic E-state index is 13.5. The van der Waals surface area contributed by atoms with Crippen molar-refractivity contribution in [3.8, 4) is 5.69 Å². The number of amides is 1. The molecule has 182 valence electrons. The number of alkyl halides is 3. The van der Waals surface area contributed by atoms with E-state index in [4.69, 9.17) is 0 Å². The number of hydrogen-bond donors (Lipinski definition) is 1. The van der Waals surface area contributed by atoms with Crippen LogP contribution in [-0.2, 0) is 6.18 Å². The molecule has 10 heteroatoms. The van der Waals surface area contributed by atoms with E-state index in [0.29, 0.717) is 27.5 Å². The van der Waals surface area contributed by atoms with Gasteiger partial charge in [-0.05, 0) is 62.4 Å². The molecule has 0 saturated carbocycles. The molecule has 0 radical (unpaired) electrons. The maximum Gasteiger partial charge on any atom is 0.416 e. The second-order valence-corrected chi connectivity index (χ2v) is 9.36. The predicted octanol–water partition coefficient (Wildman–Crippen LogP) is 5.81. The zero-order valence-corrected chi connectivity index (χ0v) is 19.9. The van der Waals surface area contributed by atoms with Crippen molar-refractivity contribution in [2.24, 2.45) is 0 Å². The summed E-state index contributed by atoms with van der Waals surface area (Å²) in [6.45, 7) is 3.60. The number of carbonyl (C=O) groups is 1. The van der Waals surface area contributed by atoms with Crippen LogP contribution in [0.15, 0.2) is 71.0 Å². The first kappa shape index (κ1) is 23.7. The van der Waals surface area contributed by atoms with Gasteiger partial charge in [-0.25, -0.2) is 4.98 Å². The van der Waals surface area contributed by atoms with Crippen molar-refractivity contribution in [2.75, 3.05) is 0 Å². The fraction of sp³-hybridized carbons (Fsp3) is 0.154. The highest BCUT2D eigenvalue weighted by Crippen LogP contribution is 2.32. The summed E-state index contributed by atoms with van der Waals surface area (Å²) >= 11 is 1.37. The molecule has 1 N–H and O–H groups in total. The number of pyridine rings is 3. The molecular weight excluding hydrogens is 489 g/mol. The normalized spacial score (nSPS) is 12.7. The third-order valence-electron chi connectivity index (χ3n) is 5.93. The summed E-state index contributed by atoms with van der Waals surface area (Å²) in [5, 5.41) is 5.68. The van der Waals surface area contributed by atoms with E-state index in [0.717, 1.165) is 17.0 Å². The average Bonchev–Trinajstić information content (AvgIpc) is 3.26. The van der Waals surface area contributed by atoms with Crippen LogP contribution in [-0.4, -0.2) is 20.4 Å². The first-order valence-electron chi connectivity index (χ1n) is 11.0. The highest BCUT2D eigenvalue weighted by Gasteiger charge is 2.30. The molecule has 4 heterocycles. The number of thiophene rings is 1. The van der Waals surface area contributed by atoms with Crippen LogP contribution in [0.3, 0.4) is 0 Å². The molecule has 0 fully saturated rings. The number of aryl methyl sites for hydroxylation is 1. The number of nitrogens with one attached hydrogen (secondary N) is 1. The molecule has 0 saturated heterocycles. The second kappa shape index (κ2) is 8.87. The fourth-order valence-corrected chi connectivity index (χ4v) is 4.94. The van der Waals surface area contributed by atoms with Crippen LogP contribution < -0.4 is 10.9 Å². The van der Waals surface area contributed by atoms with Gasteiger partial charge >= 0.3 is 6.18 Å². The summed E-state index contributed by atoms with van der Waals surface area (Å²) in [6, 6.07) is 12.5. The van der Waals surface area contributed by atoms with Crippen molar-refractivity contribution < 1.29 is 18.0 Å². The minimum Gasteiger partial charge on any atom is -0.343 e. The van der Waals surface area contributed by atoms with Gasteiger partial charge in [0.1, 0.15) is 5.69 Å². The van der Waals surface area contributed by atoms with E-state index in [1.54, 1.807) is 36.7 Å². The van der Waals surface area contributed by atoms with Crippen molar-refractivity contribution in [2.45, 2.75) is 26.1 Å². The summed E-state index contributed by atoms with van der Waals surface area (Å²) in [5.74, 6) is -0.414. The van der Waals surface area contributed by atoms with Gasteiger partial charge in [-0.2, -0.15) is 13.2 Å². The predicted molar refractivity (Wildman–Crippen MR) is 133 cm³/mol. The van der Waals surface area contributed by atoms with Gasteiger partial charge in [-0.15, -0.1) is 11.3 Å². The lowest BCUT2D eigenvalue weighted by Crippen LogP contribution is -2.28. The van der Waals surface area contributed by atoms with Crippen LogP contribution >= 0.6 is 11.3 Å². The van der Waals surface area contributed by atoms with Crippen molar-refractivity contribution in [1.29, 1.82) is 0 Å². The van der Waals surface area contributed by atoms with Gasteiger partial charge in [0, 0.05) is 27.5 Å². The van der Waals surface area contributed by atoms with Crippen LogP contribution in [0.1, 0.15) is 39.6 Å². The molecule has 0 unspecified atom stereocenters. The highest BCUT2D eigenvalue weighted by atomic mass is 32.1. The standard InChI is InChI=1S/C26H19F3N4O2S/c1-14(19-5-3-4-12-30-19)31-24(34)20-10-11-21-23(32-20)18-13-36-15(2)22(18)25(35)33(21)17-8-6-16(7-9-17)26(27,28)29/h3-14H,1-2H3,(H,31,34)/t14-/m0/s1. The van der Waals surface area contributed by atoms with Gasteiger partial charge < -0.3 is 5.32 Å². The van der Waals surface area contributed by atoms with Gasteiger partial charge in [-0.1, -0.05) is 6.07 Å². The van der Waals surface area contributed by atoms with Crippen molar-refractivity contribution >= 4 is 39.0 Å². The number of carbonyl (C=O) groups excluding carboxylic acids is 1. The van der Waals surface area contributed by atoms with E-state index in [9.17, 15) is 22.8 Å². The van der Waals surface area contributed by atoms with Crippen LogP contribution in [0.25, 0.3) is 27.5 Å². The van der Waals surface area contributed by atoms with E-state index in [2.05, 4.69) is 15.3 Å². The molecule has 1 aromatic carbocycles. The topological polar surface area (TPSA) is 76.9 Å². The van der Waals surface area contributed by atoms with E-state index >= 15 is 0 Å². The summed E-state index contributed by atoms with van der Waals surface area (Å²) in [4.78, 5) is 36.0. The van der Waals surface area contributed by atoms with Gasteiger partial charge in [0.15, 0.2) is 0 Å². The first-order chi connectivity index (χ1) is 17.1.